The highest BCUT2D eigenvalue weighted by Crippen LogP contribution is 2.33. The molecule has 0 atom stereocenters. The van der Waals surface area contributed by atoms with E-state index in [1.807, 2.05) is 12.1 Å². The third-order valence-corrected chi connectivity index (χ3v) is 3.78. The first kappa shape index (κ1) is 16.6. The molecule has 0 fully saturated rings. The van der Waals surface area contributed by atoms with Crippen LogP contribution in [0.4, 0.5) is 0 Å². The van der Waals surface area contributed by atoms with E-state index >= 15 is 0 Å². The molecule has 0 aliphatic carbocycles. The predicted octanol–water partition coefficient (Wildman–Crippen LogP) is 5.44. The molecule has 1 N–H and O–H groups in total. The first-order valence-electron chi connectivity index (χ1n) is 6.58. The van der Waals surface area contributed by atoms with E-state index in [4.69, 9.17) is 27.9 Å². The lowest BCUT2D eigenvalue weighted by Crippen LogP contribution is -2.13. The molecule has 0 spiro atoms. The van der Waals surface area contributed by atoms with Crippen LogP contribution in [0.15, 0.2) is 34.9 Å². The molecule has 0 aliphatic rings. The highest BCUT2D eigenvalue weighted by molar-refractivity contribution is 9.10. The zero-order valence-electron chi connectivity index (χ0n) is 11.5. The van der Waals surface area contributed by atoms with E-state index in [2.05, 4.69) is 33.2 Å². The summed E-state index contributed by atoms with van der Waals surface area (Å²) in [5.41, 5.74) is 1.02. The molecule has 6 heteroatoms. The molecule has 0 amide bonds. The zero-order chi connectivity index (χ0) is 15.2. The second-order valence-corrected chi connectivity index (χ2v) is 6.21. The van der Waals surface area contributed by atoms with Crippen molar-refractivity contribution < 1.29 is 4.74 Å². The SMILES string of the molecule is CCCNCc1cnc(Oc2ccc(Br)cc2Cl)c(Cl)c1. The number of pyridine rings is 1. The maximum Gasteiger partial charge on any atom is 0.238 e. The Bertz CT molecular complexity index is 623. The quantitative estimate of drug-likeness (QED) is 0.667. The van der Waals surface area contributed by atoms with Gasteiger partial charge in [0.1, 0.15) is 10.8 Å². The summed E-state index contributed by atoms with van der Waals surface area (Å²) in [6.07, 6.45) is 2.83. The van der Waals surface area contributed by atoms with Crippen LogP contribution >= 0.6 is 39.1 Å². The summed E-state index contributed by atoms with van der Waals surface area (Å²) in [6.45, 7) is 3.82. The van der Waals surface area contributed by atoms with Gasteiger partial charge in [-0.15, -0.1) is 0 Å². The number of ether oxygens (including phenoxy) is 1. The maximum atomic E-state index is 6.21. The Morgan fingerprint density at radius 3 is 2.71 bits per heavy atom. The molecular formula is C15H15BrCl2N2O. The van der Waals surface area contributed by atoms with Crippen molar-refractivity contribution >= 4 is 39.1 Å². The van der Waals surface area contributed by atoms with Crippen LogP contribution in [-0.4, -0.2) is 11.5 Å². The lowest BCUT2D eigenvalue weighted by molar-refractivity contribution is 0.462. The van der Waals surface area contributed by atoms with Crippen molar-refractivity contribution in [1.82, 2.24) is 10.3 Å². The molecule has 0 unspecified atom stereocenters. The van der Waals surface area contributed by atoms with Gasteiger partial charge in [0.05, 0.1) is 5.02 Å². The minimum absolute atomic E-state index is 0.347. The van der Waals surface area contributed by atoms with E-state index in [0.29, 0.717) is 21.7 Å². The summed E-state index contributed by atoms with van der Waals surface area (Å²) in [5, 5.41) is 4.26. The van der Waals surface area contributed by atoms with Crippen molar-refractivity contribution in [3.63, 3.8) is 0 Å². The fourth-order valence-corrected chi connectivity index (χ4v) is 2.65. The van der Waals surface area contributed by atoms with Gasteiger partial charge in [0.2, 0.25) is 5.88 Å². The second kappa shape index (κ2) is 7.99. The molecule has 112 valence electrons. The van der Waals surface area contributed by atoms with Crippen molar-refractivity contribution in [3.05, 3.63) is 50.5 Å². The maximum absolute atomic E-state index is 6.21. The van der Waals surface area contributed by atoms with Crippen LogP contribution in [0.3, 0.4) is 0 Å². The number of halogens is 3. The standard InChI is InChI=1S/C15H15BrCl2N2O/c1-2-5-19-8-10-6-13(18)15(20-9-10)21-14-4-3-11(16)7-12(14)17/h3-4,6-7,9,19H,2,5,8H2,1H3. The van der Waals surface area contributed by atoms with Gasteiger partial charge in [-0.25, -0.2) is 4.98 Å². The number of rotatable bonds is 6. The summed E-state index contributed by atoms with van der Waals surface area (Å²) in [4.78, 5) is 4.25. The smallest absolute Gasteiger partial charge is 0.238 e. The Labute approximate surface area is 142 Å². The number of hydrogen-bond acceptors (Lipinski definition) is 3. The van der Waals surface area contributed by atoms with E-state index in [-0.39, 0.29) is 0 Å². The van der Waals surface area contributed by atoms with Gasteiger partial charge in [-0.3, -0.25) is 0 Å². The third-order valence-electron chi connectivity index (χ3n) is 2.72. The Kier molecular flexibility index (Phi) is 6.30. The number of nitrogens with one attached hydrogen (secondary N) is 1. The predicted molar refractivity (Wildman–Crippen MR) is 90.5 cm³/mol. The average molecular weight is 390 g/mol. The minimum atomic E-state index is 0.347. The Balaban J connectivity index is 2.10. The molecule has 0 saturated carbocycles. The van der Waals surface area contributed by atoms with Gasteiger partial charge in [0, 0.05) is 17.2 Å². The Hall–Kier alpha value is -0.810. The second-order valence-electron chi connectivity index (χ2n) is 4.48. The summed E-state index contributed by atoms with van der Waals surface area (Å²) in [6, 6.07) is 7.21. The first-order chi connectivity index (χ1) is 10.1. The summed E-state index contributed by atoms with van der Waals surface area (Å²) < 4.78 is 6.54. The highest BCUT2D eigenvalue weighted by atomic mass is 79.9. The summed E-state index contributed by atoms with van der Waals surface area (Å²) >= 11 is 15.7. The molecular weight excluding hydrogens is 375 g/mol. The Morgan fingerprint density at radius 2 is 2.05 bits per heavy atom. The van der Waals surface area contributed by atoms with E-state index in [0.717, 1.165) is 29.5 Å². The van der Waals surface area contributed by atoms with Gasteiger partial charge in [-0.2, -0.15) is 0 Å². The van der Waals surface area contributed by atoms with Crippen LogP contribution in [0, 0.1) is 0 Å². The fourth-order valence-electron chi connectivity index (χ4n) is 1.71. The van der Waals surface area contributed by atoms with Gasteiger partial charge in [0.15, 0.2) is 0 Å². The van der Waals surface area contributed by atoms with Crippen LogP contribution in [0.1, 0.15) is 18.9 Å². The van der Waals surface area contributed by atoms with E-state index in [1.165, 1.54) is 0 Å². The largest absolute Gasteiger partial charge is 0.436 e. The van der Waals surface area contributed by atoms with Gasteiger partial charge in [0.25, 0.3) is 0 Å². The Morgan fingerprint density at radius 1 is 1.24 bits per heavy atom. The van der Waals surface area contributed by atoms with Crippen LogP contribution in [0.25, 0.3) is 0 Å². The lowest BCUT2D eigenvalue weighted by atomic mass is 10.3. The van der Waals surface area contributed by atoms with E-state index in [1.54, 1.807) is 18.3 Å². The number of benzene rings is 1. The molecule has 2 aromatic rings. The van der Waals surface area contributed by atoms with Crippen molar-refractivity contribution in [2.75, 3.05) is 6.54 Å². The van der Waals surface area contributed by atoms with Crippen LogP contribution in [0.5, 0.6) is 11.6 Å². The molecule has 21 heavy (non-hydrogen) atoms. The van der Waals surface area contributed by atoms with E-state index < -0.39 is 0 Å². The molecule has 0 radical (unpaired) electrons. The zero-order valence-corrected chi connectivity index (χ0v) is 14.6. The van der Waals surface area contributed by atoms with Crippen LogP contribution in [-0.2, 0) is 6.54 Å². The van der Waals surface area contributed by atoms with Crippen LogP contribution in [0.2, 0.25) is 10.0 Å². The molecule has 1 aromatic heterocycles. The molecule has 3 nitrogen and oxygen atoms in total. The molecule has 2 rings (SSSR count). The molecule has 0 bridgehead atoms. The van der Waals surface area contributed by atoms with Crippen molar-refractivity contribution in [3.8, 4) is 11.6 Å². The summed E-state index contributed by atoms with van der Waals surface area (Å²) in [5.74, 6) is 0.867. The van der Waals surface area contributed by atoms with E-state index in [9.17, 15) is 0 Å². The average Bonchev–Trinajstić information content (AvgIpc) is 2.44. The topological polar surface area (TPSA) is 34.2 Å². The normalized spacial score (nSPS) is 10.7. The first-order valence-corrected chi connectivity index (χ1v) is 8.13. The lowest BCUT2D eigenvalue weighted by Gasteiger charge is -2.10. The number of hydrogen-bond donors (Lipinski definition) is 1. The monoisotopic (exact) mass is 388 g/mol. The summed E-state index contributed by atoms with van der Waals surface area (Å²) in [7, 11) is 0. The third kappa shape index (κ3) is 4.85. The molecule has 0 aliphatic heterocycles. The van der Waals surface area contributed by atoms with Crippen LogP contribution < -0.4 is 10.1 Å². The van der Waals surface area contributed by atoms with Gasteiger partial charge in [-0.05, 0) is 42.8 Å². The molecule has 1 heterocycles. The van der Waals surface area contributed by atoms with Gasteiger partial charge < -0.3 is 10.1 Å². The van der Waals surface area contributed by atoms with Gasteiger partial charge >= 0.3 is 0 Å². The fraction of sp³-hybridized carbons (Fsp3) is 0.267. The minimum Gasteiger partial charge on any atom is -0.436 e. The molecule has 1 aromatic carbocycles. The van der Waals surface area contributed by atoms with Crippen molar-refractivity contribution in [1.29, 1.82) is 0 Å². The molecule has 0 saturated heterocycles. The van der Waals surface area contributed by atoms with Gasteiger partial charge in [-0.1, -0.05) is 46.1 Å². The number of nitrogens with zero attached hydrogens (tertiary/aromatic N) is 1. The van der Waals surface area contributed by atoms with Crippen molar-refractivity contribution in [2.24, 2.45) is 0 Å². The van der Waals surface area contributed by atoms with Crippen molar-refractivity contribution in [2.45, 2.75) is 19.9 Å². The number of aromatic nitrogens is 1. The highest BCUT2D eigenvalue weighted by Gasteiger charge is 2.09.